The second-order valence-electron chi connectivity index (χ2n) is 8.02. The molecule has 1 aromatic carbocycles. The first-order valence-corrected chi connectivity index (χ1v) is 12.5. The Kier molecular flexibility index (Phi) is 4.74. The number of amides is 1. The Hall–Kier alpha value is -2.52. The molecule has 2 saturated carbocycles. The molecule has 2 fully saturated rings. The number of pyridine rings is 1. The van der Waals surface area contributed by atoms with Crippen LogP contribution >= 0.6 is 11.3 Å². The predicted molar refractivity (Wildman–Crippen MR) is 117 cm³/mol. The van der Waals surface area contributed by atoms with Crippen LogP contribution < -0.4 is 10.0 Å². The van der Waals surface area contributed by atoms with Crippen molar-refractivity contribution in [3.63, 3.8) is 0 Å². The van der Waals surface area contributed by atoms with E-state index in [9.17, 15) is 13.2 Å². The molecule has 9 heteroatoms. The van der Waals surface area contributed by atoms with Crippen molar-refractivity contribution < 1.29 is 13.2 Å². The molecule has 2 aromatic heterocycles. The summed E-state index contributed by atoms with van der Waals surface area (Å²) in [5.74, 6) is -0.251. The number of benzene rings is 1. The number of thiazole rings is 1. The van der Waals surface area contributed by atoms with Crippen molar-refractivity contribution >= 4 is 43.3 Å². The highest BCUT2D eigenvalue weighted by Crippen LogP contribution is 2.46. The van der Waals surface area contributed by atoms with Gasteiger partial charge in [-0.15, -0.1) is 11.3 Å². The smallest absolute Gasteiger partial charge is 0.270 e. The van der Waals surface area contributed by atoms with Gasteiger partial charge in [-0.1, -0.05) is 37.1 Å². The Morgan fingerprint density at radius 3 is 2.60 bits per heavy atom. The number of hydrogen-bond donors (Lipinski definition) is 2. The fourth-order valence-electron chi connectivity index (χ4n) is 3.99. The number of nitrogens with zero attached hydrogens (tertiary/aromatic N) is 2. The Morgan fingerprint density at radius 1 is 1.07 bits per heavy atom. The van der Waals surface area contributed by atoms with Crippen molar-refractivity contribution in [2.45, 2.75) is 49.3 Å². The third kappa shape index (κ3) is 3.67. The average molecular weight is 443 g/mol. The van der Waals surface area contributed by atoms with Crippen molar-refractivity contribution in [3.8, 4) is 0 Å². The monoisotopic (exact) mass is 442 g/mol. The maximum Gasteiger partial charge on any atom is 0.270 e. The van der Waals surface area contributed by atoms with Gasteiger partial charge in [-0.25, -0.2) is 18.4 Å². The first-order valence-electron chi connectivity index (χ1n) is 10.1. The van der Waals surface area contributed by atoms with E-state index in [4.69, 9.17) is 0 Å². The fraction of sp³-hybridized carbons (Fsp3) is 0.381. The summed E-state index contributed by atoms with van der Waals surface area (Å²) in [6, 6.07) is 11.3. The number of hydrogen-bond acceptors (Lipinski definition) is 6. The normalized spacial score (nSPS) is 18.4. The van der Waals surface area contributed by atoms with E-state index in [1.54, 1.807) is 6.07 Å². The van der Waals surface area contributed by atoms with Gasteiger partial charge < -0.3 is 5.32 Å². The van der Waals surface area contributed by atoms with E-state index in [0.29, 0.717) is 29.4 Å². The summed E-state index contributed by atoms with van der Waals surface area (Å²) in [4.78, 5) is 21.8. The van der Waals surface area contributed by atoms with Gasteiger partial charge in [-0.05, 0) is 37.8 Å². The minimum atomic E-state index is -3.41. The summed E-state index contributed by atoms with van der Waals surface area (Å²) in [5, 5.41) is 5.90. The van der Waals surface area contributed by atoms with Crippen LogP contribution in [0.4, 0.5) is 5.13 Å². The molecule has 30 heavy (non-hydrogen) atoms. The van der Waals surface area contributed by atoms with Crippen molar-refractivity contribution in [1.29, 1.82) is 0 Å². The number of aromatic nitrogens is 2. The second-order valence-corrected chi connectivity index (χ2v) is 10.8. The standard InChI is InChI=1S/C21H22N4O3S2/c26-19(17-10-9-14-5-1-4-8-16(14)22-17)24-21(11-12-21)18-13-29-20(23-18)25-30(27,28)15-6-2-3-7-15/h1,4-5,8-10,13,15H,2-3,6-7,11-12H2,(H,23,25)(H,24,26). The molecular weight excluding hydrogens is 420 g/mol. The molecule has 3 aromatic rings. The Morgan fingerprint density at radius 2 is 1.83 bits per heavy atom. The van der Waals surface area contributed by atoms with Crippen molar-refractivity contribution in [2.24, 2.45) is 0 Å². The zero-order valence-electron chi connectivity index (χ0n) is 16.3. The van der Waals surface area contributed by atoms with Gasteiger partial charge in [0.2, 0.25) is 10.0 Å². The van der Waals surface area contributed by atoms with Gasteiger partial charge in [0.15, 0.2) is 5.13 Å². The summed E-state index contributed by atoms with van der Waals surface area (Å²) in [6.45, 7) is 0. The molecule has 0 aliphatic heterocycles. The van der Waals surface area contributed by atoms with Crippen LogP contribution in [-0.4, -0.2) is 29.5 Å². The molecule has 0 radical (unpaired) electrons. The largest absolute Gasteiger partial charge is 0.340 e. The van der Waals surface area contributed by atoms with Crippen LogP contribution in [0.1, 0.15) is 54.7 Å². The molecule has 2 aliphatic carbocycles. The van der Waals surface area contributed by atoms with Gasteiger partial charge in [0.1, 0.15) is 5.69 Å². The van der Waals surface area contributed by atoms with Crippen LogP contribution in [0, 0.1) is 0 Å². The van der Waals surface area contributed by atoms with Crippen molar-refractivity contribution in [2.75, 3.05) is 4.72 Å². The lowest BCUT2D eigenvalue weighted by molar-refractivity contribution is 0.0925. The number of fused-ring (bicyclic) bond motifs is 1. The number of carbonyl (C=O) groups excluding carboxylic acids is 1. The van der Waals surface area contributed by atoms with Crippen molar-refractivity contribution in [1.82, 2.24) is 15.3 Å². The predicted octanol–water partition coefficient (Wildman–Crippen LogP) is 3.79. The molecule has 1 amide bonds. The van der Waals surface area contributed by atoms with Crippen LogP contribution in [0.3, 0.4) is 0 Å². The van der Waals surface area contributed by atoms with Crippen LogP contribution in [0.5, 0.6) is 0 Å². The van der Waals surface area contributed by atoms with E-state index < -0.39 is 15.6 Å². The Labute approximate surface area is 179 Å². The number of rotatable bonds is 6. The van der Waals surface area contributed by atoms with Gasteiger partial charge in [-0.2, -0.15) is 0 Å². The lowest BCUT2D eigenvalue weighted by Crippen LogP contribution is -2.35. The molecule has 7 nitrogen and oxygen atoms in total. The van der Waals surface area contributed by atoms with Gasteiger partial charge in [-0.3, -0.25) is 9.52 Å². The molecule has 156 valence electrons. The SMILES string of the molecule is O=C(NC1(c2csc(NS(=O)(=O)C3CCCC3)n2)CC1)c1ccc2ccccc2n1. The van der Waals surface area contributed by atoms with Crippen LogP contribution in [-0.2, 0) is 15.6 Å². The quantitative estimate of drug-likeness (QED) is 0.605. The highest BCUT2D eigenvalue weighted by molar-refractivity contribution is 7.93. The average Bonchev–Trinajstić information content (AvgIpc) is 3.12. The van der Waals surface area contributed by atoms with Crippen LogP contribution in [0.2, 0.25) is 0 Å². The topological polar surface area (TPSA) is 101 Å². The van der Waals surface area contributed by atoms with E-state index in [1.165, 1.54) is 11.3 Å². The lowest BCUT2D eigenvalue weighted by atomic mass is 10.1. The minimum Gasteiger partial charge on any atom is -0.340 e. The molecule has 0 saturated heterocycles. The Balaban J connectivity index is 1.31. The summed E-state index contributed by atoms with van der Waals surface area (Å²) in [7, 11) is -3.41. The van der Waals surface area contributed by atoms with Gasteiger partial charge in [0.25, 0.3) is 5.91 Å². The highest BCUT2D eigenvalue weighted by Gasteiger charge is 2.48. The van der Waals surface area contributed by atoms with E-state index in [-0.39, 0.29) is 11.2 Å². The molecule has 2 heterocycles. The molecule has 2 N–H and O–H groups in total. The summed E-state index contributed by atoms with van der Waals surface area (Å²) in [6.07, 6.45) is 4.84. The molecule has 5 rings (SSSR count). The number of anilines is 1. The van der Waals surface area contributed by atoms with Gasteiger partial charge >= 0.3 is 0 Å². The van der Waals surface area contributed by atoms with Gasteiger partial charge in [0, 0.05) is 10.8 Å². The van der Waals surface area contributed by atoms with E-state index in [2.05, 4.69) is 20.0 Å². The molecule has 0 bridgehead atoms. The van der Waals surface area contributed by atoms with Crippen LogP contribution in [0.15, 0.2) is 41.8 Å². The first kappa shape index (κ1) is 19.4. The third-order valence-electron chi connectivity index (χ3n) is 5.90. The van der Waals surface area contributed by atoms with Crippen molar-refractivity contribution in [3.05, 3.63) is 53.2 Å². The third-order valence-corrected chi connectivity index (χ3v) is 8.61. The maximum atomic E-state index is 12.8. The number of carbonyl (C=O) groups is 1. The summed E-state index contributed by atoms with van der Waals surface area (Å²) >= 11 is 1.26. The zero-order valence-corrected chi connectivity index (χ0v) is 17.9. The fourth-order valence-corrected chi connectivity index (χ4v) is 6.59. The zero-order chi connectivity index (χ0) is 20.8. The summed E-state index contributed by atoms with van der Waals surface area (Å²) in [5.41, 5.74) is 1.29. The molecule has 0 unspecified atom stereocenters. The van der Waals surface area contributed by atoms with Crippen LogP contribution in [0.25, 0.3) is 10.9 Å². The summed E-state index contributed by atoms with van der Waals surface area (Å²) < 4.78 is 27.7. The number of para-hydroxylation sites is 1. The lowest BCUT2D eigenvalue weighted by Gasteiger charge is -2.15. The van der Waals surface area contributed by atoms with E-state index in [1.807, 2.05) is 35.7 Å². The van der Waals surface area contributed by atoms with E-state index in [0.717, 1.165) is 36.6 Å². The molecule has 2 aliphatic rings. The maximum absolute atomic E-state index is 12.8. The van der Waals surface area contributed by atoms with E-state index >= 15 is 0 Å². The molecule has 0 spiro atoms. The highest BCUT2D eigenvalue weighted by atomic mass is 32.2. The second kappa shape index (κ2) is 7.31. The number of nitrogens with one attached hydrogen (secondary N) is 2. The molecular formula is C21H22N4O3S2. The van der Waals surface area contributed by atoms with Gasteiger partial charge in [0.05, 0.1) is 22.0 Å². The minimum absolute atomic E-state index is 0.251. The Bertz CT molecular complexity index is 1210. The molecule has 0 atom stereocenters. The first-order chi connectivity index (χ1) is 14.5. The number of sulfonamides is 1.